The fourth-order valence-corrected chi connectivity index (χ4v) is 3.79. The molecule has 2 aromatic rings. The Hall–Kier alpha value is -4.19. The van der Waals surface area contributed by atoms with Gasteiger partial charge in [0.2, 0.25) is 0 Å². The van der Waals surface area contributed by atoms with Gasteiger partial charge < -0.3 is 30.3 Å². The van der Waals surface area contributed by atoms with Crippen molar-refractivity contribution in [3.63, 3.8) is 0 Å². The normalized spacial score (nSPS) is 15.0. The number of hydrogen-bond acceptors (Lipinski definition) is 5. The van der Waals surface area contributed by atoms with Crippen LogP contribution in [0, 0.1) is 11.8 Å². The van der Waals surface area contributed by atoms with Crippen molar-refractivity contribution < 1.29 is 24.2 Å². The fraction of sp³-hybridized carbons (Fsp3) is 0.393. The summed E-state index contributed by atoms with van der Waals surface area (Å²) in [5.41, 5.74) is 2.19. The van der Waals surface area contributed by atoms with Gasteiger partial charge in [-0.3, -0.25) is 0 Å². The van der Waals surface area contributed by atoms with E-state index in [9.17, 15) is 19.5 Å². The number of anilines is 1. The molecule has 1 heterocycles. The first-order chi connectivity index (χ1) is 17.5. The summed E-state index contributed by atoms with van der Waals surface area (Å²) in [4.78, 5) is 40.3. The minimum Gasteiger partial charge on any atom is -0.480 e. The standard InChI is InChI=1S/C28H34N4O5/c1-20(29-27(36)37-28(2,3)4)24(25(33)34)30-26(35)32-18-16-31(17-19-32)23-14-12-22(13-15-23)11-10-21-8-6-5-7-9-21/h5-9,12-15,20,24H,16-19H2,1-4H3,(H,29,36)(H,30,35)(H,33,34)/t20-,24+/m1/s1. The first kappa shape index (κ1) is 27.4. The van der Waals surface area contributed by atoms with E-state index in [0.717, 1.165) is 16.8 Å². The second-order valence-corrected chi connectivity index (χ2v) is 9.84. The Morgan fingerprint density at radius 2 is 1.46 bits per heavy atom. The predicted molar refractivity (Wildman–Crippen MR) is 141 cm³/mol. The van der Waals surface area contributed by atoms with E-state index < -0.39 is 35.8 Å². The molecule has 9 nitrogen and oxygen atoms in total. The molecule has 1 aliphatic heterocycles. The molecule has 0 spiro atoms. The maximum Gasteiger partial charge on any atom is 0.407 e. The molecule has 3 N–H and O–H groups in total. The van der Waals surface area contributed by atoms with Gasteiger partial charge in [-0.15, -0.1) is 0 Å². The molecule has 1 fully saturated rings. The van der Waals surface area contributed by atoms with E-state index in [1.54, 1.807) is 25.7 Å². The molecule has 2 atom stereocenters. The number of carboxylic acid groups (broad SMARTS) is 1. The summed E-state index contributed by atoms with van der Waals surface area (Å²) in [7, 11) is 0. The third kappa shape index (κ3) is 8.46. The molecule has 0 aliphatic carbocycles. The van der Waals surface area contributed by atoms with E-state index in [2.05, 4.69) is 27.4 Å². The maximum absolute atomic E-state index is 12.8. The highest BCUT2D eigenvalue weighted by atomic mass is 16.6. The molecular weight excluding hydrogens is 472 g/mol. The van der Waals surface area contributed by atoms with Gasteiger partial charge >= 0.3 is 18.1 Å². The van der Waals surface area contributed by atoms with Gasteiger partial charge in [0.05, 0.1) is 6.04 Å². The molecule has 3 rings (SSSR count). The predicted octanol–water partition coefficient (Wildman–Crippen LogP) is 3.28. The van der Waals surface area contributed by atoms with E-state index in [1.165, 1.54) is 6.92 Å². The Morgan fingerprint density at radius 1 is 0.892 bits per heavy atom. The third-order valence-corrected chi connectivity index (χ3v) is 5.71. The number of urea groups is 1. The van der Waals surface area contributed by atoms with Gasteiger partial charge in [-0.1, -0.05) is 30.0 Å². The van der Waals surface area contributed by atoms with Gasteiger partial charge in [0.1, 0.15) is 11.6 Å². The molecule has 196 valence electrons. The highest BCUT2D eigenvalue weighted by molar-refractivity contribution is 5.84. The summed E-state index contributed by atoms with van der Waals surface area (Å²) >= 11 is 0. The molecule has 1 saturated heterocycles. The number of piperazine rings is 1. The Balaban J connectivity index is 1.51. The largest absolute Gasteiger partial charge is 0.480 e. The number of carbonyl (C=O) groups excluding carboxylic acids is 2. The molecule has 0 saturated carbocycles. The first-order valence-corrected chi connectivity index (χ1v) is 12.2. The number of nitrogens with one attached hydrogen (secondary N) is 2. The van der Waals surface area contributed by atoms with Crippen LogP contribution < -0.4 is 15.5 Å². The number of carboxylic acids is 1. The van der Waals surface area contributed by atoms with Crippen molar-refractivity contribution in [2.24, 2.45) is 0 Å². The van der Waals surface area contributed by atoms with Crippen LogP contribution in [0.3, 0.4) is 0 Å². The molecule has 0 bridgehead atoms. The second-order valence-electron chi connectivity index (χ2n) is 9.84. The van der Waals surface area contributed by atoms with Crippen molar-refractivity contribution in [1.29, 1.82) is 0 Å². The van der Waals surface area contributed by atoms with E-state index in [-0.39, 0.29) is 0 Å². The molecule has 9 heteroatoms. The average molecular weight is 507 g/mol. The van der Waals surface area contributed by atoms with Crippen molar-refractivity contribution in [2.45, 2.75) is 45.4 Å². The number of hydrogen-bond donors (Lipinski definition) is 3. The third-order valence-electron chi connectivity index (χ3n) is 5.71. The van der Waals surface area contributed by atoms with Crippen LogP contribution in [-0.4, -0.2) is 72.0 Å². The smallest absolute Gasteiger partial charge is 0.407 e. The Morgan fingerprint density at radius 3 is 2.00 bits per heavy atom. The molecular formula is C28H34N4O5. The first-order valence-electron chi connectivity index (χ1n) is 12.2. The summed E-state index contributed by atoms with van der Waals surface area (Å²) in [6, 6.07) is 15.1. The molecule has 0 radical (unpaired) electrons. The summed E-state index contributed by atoms with van der Waals surface area (Å²) in [5.74, 6) is 5.06. The van der Waals surface area contributed by atoms with Crippen LogP contribution in [0.2, 0.25) is 0 Å². The molecule has 1 aliphatic rings. The zero-order valence-corrected chi connectivity index (χ0v) is 21.7. The number of carbonyl (C=O) groups is 3. The summed E-state index contributed by atoms with van der Waals surface area (Å²) in [5, 5.41) is 14.6. The van der Waals surface area contributed by atoms with E-state index in [0.29, 0.717) is 26.2 Å². The van der Waals surface area contributed by atoms with Crippen molar-refractivity contribution in [3.8, 4) is 11.8 Å². The average Bonchev–Trinajstić information content (AvgIpc) is 2.85. The van der Waals surface area contributed by atoms with E-state index >= 15 is 0 Å². The van der Waals surface area contributed by atoms with Gasteiger partial charge in [-0.25, -0.2) is 14.4 Å². The molecule has 3 amide bonds. The van der Waals surface area contributed by atoms with E-state index in [4.69, 9.17) is 4.74 Å². The van der Waals surface area contributed by atoms with Crippen LogP contribution in [0.15, 0.2) is 54.6 Å². The van der Waals surface area contributed by atoms with Gasteiger partial charge in [0.15, 0.2) is 0 Å². The topological polar surface area (TPSA) is 111 Å². The maximum atomic E-state index is 12.8. The van der Waals surface area contributed by atoms with Gasteiger partial charge in [0, 0.05) is 43.0 Å². The van der Waals surface area contributed by atoms with Crippen LogP contribution in [0.25, 0.3) is 0 Å². The molecule has 37 heavy (non-hydrogen) atoms. The Kier molecular flexibility index (Phi) is 9.01. The summed E-state index contributed by atoms with van der Waals surface area (Å²) in [6.07, 6.45) is -0.744. The SMILES string of the molecule is C[C@@H](NC(=O)OC(C)(C)C)[C@H](NC(=O)N1CCN(c2ccc(C#Cc3ccccc3)cc2)CC1)C(=O)O. The molecule has 0 aromatic heterocycles. The Labute approximate surface area is 217 Å². The number of ether oxygens (including phenoxy) is 1. The van der Waals surface area contributed by atoms with Crippen molar-refractivity contribution in [3.05, 3.63) is 65.7 Å². The number of alkyl carbamates (subject to hydrolysis) is 1. The van der Waals surface area contributed by atoms with E-state index in [1.807, 2.05) is 54.6 Å². The van der Waals surface area contributed by atoms with Crippen molar-refractivity contribution in [1.82, 2.24) is 15.5 Å². The zero-order valence-electron chi connectivity index (χ0n) is 21.7. The summed E-state index contributed by atoms with van der Waals surface area (Å²) < 4.78 is 5.18. The lowest BCUT2D eigenvalue weighted by molar-refractivity contribution is -0.139. The minimum absolute atomic E-state index is 0.432. The number of benzene rings is 2. The van der Waals surface area contributed by atoms with Crippen molar-refractivity contribution in [2.75, 3.05) is 31.1 Å². The fourth-order valence-electron chi connectivity index (χ4n) is 3.79. The molecule has 2 aromatic carbocycles. The van der Waals surface area contributed by atoms with Gasteiger partial charge in [0.25, 0.3) is 0 Å². The van der Waals surface area contributed by atoms with Crippen LogP contribution in [0.4, 0.5) is 15.3 Å². The number of aliphatic carboxylic acids is 1. The van der Waals surface area contributed by atoms with Crippen LogP contribution in [0.1, 0.15) is 38.8 Å². The lowest BCUT2D eigenvalue weighted by Gasteiger charge is -2.37. The van der Waals surface area contributed by atoms with Crippen LogP contribution in [-0.2, 0) is 9.53 Å². The quantitative estimate of drug-likeness (QED) is 0.537. The lowest BCUT2D eigenvalue weighted by Crippen LogP contribution is -2.59. The van der Waals surface area contributed by atoms with Gasteiger partial charge in [-0.05, 0) is 64.1 Å². The lowest BCUT2D eigenvalue weighted by atomic mass is 10.1. The van der Waals surface area contributed by atoms with Crippen molar-refractivity contribution >= 4 is 23.8 Å². The number of amides is 3. The van der Waals surface area contributed by atoms with Crippen LogP contribution >= 0.6 is 0 Å². The Bertz CT molecular complexity index is 1140. The molecule has 0 unspecified atom stereocenters. The van der Waals surface area contributed by atoms with Gasteiger partial charge in [-0.2, -0.15) is 0 Å². The second kappa shape index (κ2) is 12.2. The monoisotopic (exact) mass is 506 g/mol. The highest BCUT2D eigenvalue weighted by Gasteiger charge is 2.31. The number of nitrogens with zero attached hydrogens (tertiary/aromatic N) is 2. The highest BCUT2D eigenvalue weighted by Crippen LogP contribution is 2.17. The van der Waals surface area contributed by atoms with Crippen LogP contribution in [0.5, 0.6) is 0 Å². The zero-order chi connectivity index (χ0) is 27.0. The summed E-state index contributed by atoms with van der Waals surface area (Å²) in [6.45, 7) is 8.71. The minimum atomic E-state index is -1.30. The number of rotatable bonds is 5.